The van der Waals surface area contributed by atoms with Gasteiger partial charge in [-0.25, -0.2) is 0 Å². The molecule has 2 unspecified atom stereocenters. The minimum Gasteiger partial charge on any atom is -0.126 e. The summed E-state index contributed by atoms with van der Waals surface area (Å²) >= 11 is 17.9. The van der Waals surface area contributed by atoms with Crippen molar-refractivity contribution in [2.24, 2.45) is 5.92 Å². The summed E-state index contributed by atoms with van der Waals surface area (Å²) in [4.78, 5) is 0. The van der Waals surface area contributed by atoms with E-state index in [-0.39, 0.29) is 0 Å². The fourth-order valence-electron chi connectivity index (χ4n) is 1.96. The molecule has 0 amide bonds. The van der Waals surface area contributed by atoms with Crippen molar-refractivity contribution < 1.29 is 0 Å². The van der Waals surface area contributed by atoms with Crippen LogP contribution in [0, 0.1) is 5.92 Å². The first-order chi connectivity index (χ1) is 5.05. The molecular formula is C7H13Cl3Si. The summed E-state index contributed by atoms with van der Waals surface area (Å²) in [5.41, 5.74) is 0.428. The number of hydrogen-bond acceptors (Lipinski definition) is 0. The first-order valence-electron chi connectivity index (χ1n) is 4.12. The van der Waals surface area contributed by atoms with Gasteiger partial charge in [-0.1, -0.05) is 26.2 Å². The predicted molar refractivity (Wildman–Crippen MR) is 54.7 cm³/mol. The summed E-state index contributed by atoms with van der Waals surface area (Å²) in [5.74, 6) is 0.689. The first kappa shape index (κ1) is 10.2. The molecule has 1 saturated carbocycles. The first-order valence-corrected chi connectivity index (χ1v) is 9.23. The third-order valence-corrected chi connectivity index (χ3v) is 6.73. The second-order valence-corrected chi connectivity index (χ2v) is 12.2. The molecule has 11 heavy (non-hydrogen) atoms. The van der Waals surface area contributed by atoms with E-state index in [4.69, 9.17) is 33.2 Å². The Bertz CT molecular complexity index is 132. The Morgan fingerprint density at radius 3 is 2.27 bits per heavy atom. The fraction of sp³-hybridized carbons (Fsp3) is 1.00. The third kappa shape index (κ3) is 2.51. The van der Waals surface area contributed by atoms with Crippen LogP contribution in [0.15, 0.2) is 0 Å². The summed E-state index contributed by atoms with van der Waals surface area (Å²) in [6.45, 7) is 2.19. The van der Waals surface area contributed by atoms with Crippen LogP contribution in [0.5, 0.6) is 0 Å². The van der Waals surface area contributed by atoms with Gasteiger partial charge < -0.3 is 0 Å². The monoisotopic (exact) mass is 230 g/mol. The highest BCUT2D eigenvalue weighted by atomic mass is 35.8. The molecule has 4 heteroatoms. The van der Waals surface area contributed by atoms with Gasteiger partial charge in [0.25, 0.3) is 0 Å². The molecule has 0 bridgehead atoms. The standard InChI is InChI=1S/C7H13Cl3Si/c1-2-6-4-3-5-7(6)11(8,9)10/h6-7H,2-5H2,1H3. The van der Waals surface area contributed by atoms with Crippen LogP contribution >= 0.6 is 33.2 Å². The molecule has 66 valence electrons. The third-order valence-electron chi connectivity index (χ3n) is 2.60. The van der Waals surface area contributed by atoms with Crippen LogP contribution < -0.4 is 0 Å². The zero-order chi connectivity index (χ0) is 8.48. The molecule has 0 spiro atoms. The number of hydrogen-bond donors (Lipinski definition) is 0. The summed E-state index contributed by atoms with van der Waals surface area (Å²) < 4.78 is 0. The largest absolute Gasteiger partial charge is 0.344 e. The molecule has 1 aliphatic rings. The zero-order valence-corrected chi connectivity index (χ0v) is 9.88. The Morgan fingerprint density at radius 2 is 1.91 bits per heavy atom. The molecule has 1 aliphatic carbocycles. The predicted octanol–water partition coefficient (Wildman–Crippen LogP) is 4.22. The lowest BCUT2D eigenvalue weighted by molar-refractivity contribution is 0.527. The highest BCUT2D eigenvalue weighted by Crippen LogP contribution is 2.49. The Labute approximate surface area is 83.3 Å². The SMILES string of the molecule is CCC1CCCC1[Si](Cl)(Cl)Cl. The maximum absolute atomic E-state index is 5.98. The van der Waals surface area contributed by atoms with E-state index < -0.39 is 6.00 Å². The number of halogens is 3. The lowest BCUT2D eigenvalue weighted by Crippen LogP contribution is -2.22. The lowest BCUT2D eigenvalue weighted by atomic mass is 10.1. The molecule has 2 atom stereocenters. The zero-order valence-electron chi connectivity index (χ0n) is 6.62. The molecule has 0 nitrogen and oxygen atoms in total. The van der Waals surface area contributed by atoms with Gasteiger partial charge in [0.1, 0.15) is 0 Å². The van der Waals surface area contributed by atoms with Crippen LogP contribution in [-0.2, 0) is 0 Å². The molecule has 1 rings (SSSR count). The molecule has 0 aromatic carbocycles. The van der Waals surface area contributed by atoms with E-state index in [1.54, 1.807) is 0 Å². The molecule has 0 N–H and O–H groups in total. The fourth-order valence-corrected chi connectivity index (χ4v) is 6.01. The van der Waals surface area contributed by atoms with E-state index >= 15 is 0 Å². The van der Waals surface area contributed by atoms with Crippen molar-refractivity contribution in [3.63, 3.8) is 0 Å². The molecule has 0 saturated heterocycles. The van der Waals surface area contributed by atoms with Gasteiger partial charge in [-0.15, -0.1) is 33.2 Å². The van der Waals surface area contributed by atoms with Crippen molar-refractivity contribution >= 4 is 39.2 Å². The van der Waals surface area contributed by atoms with E-state index in [1.807, 2.05) is 0 Å². The van der Waals surface area contributed by atoms with Crippen molar-refractivity contribution in [1.29, 1.82) is 0 Å². The molecule has 0 aromatic rings. The molecule has 0 radical (unpaired) electrons. The topological polar surface area (TPSA) is 0 Å². The van der Waals surface area contributed by atoms with Gasteiger partial charge in [-0.3, -0.25) is 0 Å². The van der Waals surface area contributed by atoms with Gasteiger partial charge in [0.15, 0.2) is 0 Å². The Kier molecular flexibility index (Phi) is 3.57. The highest BCUT2D eigenvalue weighted by molar-refractivity contribution is 7.65. The minimum absolute atomic E-state index is 0.428. The van der Waals surface area contributed by atoms with Crippen molar-refractivity contribution in [2.75, 3.05) is 0 Å². The Morgan fingerprint density at radius 1 is 1.27 bits per heavy atom. The quantitative estimate of drug-likeness (QED) is 0.493. The maximum Gasteiger partial charge on any atom is 0.344 e. The maximum atomic E-state index is 5.98. The molecule has 1 fully saturated rings. The smallest absolute Gasteiger partial charge is 0.126 e. The normalized spacial score (nSPS) is 32.7. The van der Waals surface area contributed by atoms with Crippen molar-refractivity contribution in [2.45, 2.75) is 38.1 Å². The van der Waals surface area contributed by atoms with E-state index in [0.717, 1.165) is 6.42 Å². The molecular weight excluding hydrogens is 219 g/mol. The molecule has 0 heterocycles. The van der Waals surface area contributed by atoms with Crippen molar-refractivity contribution in [3.8, 4) is 0 Å². The average Bonchev–Trinajstić information content (AvgIpc) is 2.31. The van der Waals surface area contributed by atoms with Crippen LogP contribution in [-0.4, -0.2) is 6.00 Å². The Balaban J connectivity index is 2.57. The van der Waals surface area contributed by atoms with Crippen molar-refractivity contribution in [1.82, 2.24) is 0 Å². The summed E-state index contributed by atoms with van der Waals surface area (Å²) in [6, 6.07) is -2.39. The minimum atomic E-state index is -2.39. The lowest BCUT2D eigenvalue weighted by Gasteiger charge is -2.22. The van der Waals surface area contributed by atoms with Crippen molar-refractivity contribution in [3.05, 3.63) is 0 Å². The van der Waals surface area contributed by atoms with E-state index in [2.05, 4.69) is 6.92 Å². The van der Waals surface area contributed by atoms with Gasteiger partial charge in [0.05, 0.1) is 0 Å². The van der Waals surface area contributed by atoms with E-state index in [0.29, 0.717) is 11.5 Å². The summed E-state index contributed by atoms with van der Waals surface area (Å²) in [6.07, 6.45) is 4.83. The van der Waals surface area contributed by atoms with Crippen LogP contribution in [0.25, 0.3) is 0 Å². The van der Waals surface area contributed by atoms with Crippen LogP contribution in [0.1, 0.15) is 32.6 Å². The average molecular weight is 232 g/mol. The van der Waals surface area contributed by atoms with E-state index in [9.17, 15) is 0 Å². The van der Waals surface area contributed by atoms with Gasteiger partial charge >= 0.3 is 6.00 Å². The number of rotatable bonds is 2. The van der Waals surface area contributed by atoms with Crippen LogP contribution in [0.2, 0.25) is 5.54 Å². The molecule has 0 aromatic heterocycles. The van der Waals surface area contributed by atoms with Gasteiger partial charge in [-0.05, 0) is 17.9 Å². The van der Waals surface area contributed by atoms with Gasteiger partial charge in [0.2, 0.25) is 0 Å². The van der Waals surface area contributed by atoms with E-state index in [1.165, 1.54) is 19.3 Å². The Hall–Kier alpha value is 1.09. The van der Waals surface area contributed by atoms with Gasteiger partial charge in [-0.2, -0.15) is 0 Å². The van der Waals surface area contributed by atoms with Crippen LogP contribution in [0.3, 0.4) is 0 Å². The summed E-state index contributed by atoms with van der Waals surface area (Å²) in [7, 11) is 0. The van der Waals surface area contributed by atoms with Gasteiger partial charge in [0, 0.05) is 0 Å². The molecule has 0 aliphatic heterocycles. The second-order valence-electron chi connectivity index (χ2n) is 3.25. The second kappa shape index (κ2) is 3.86. The highest BCUT2D eigenvalue weighted by Gasteiger charge is 2.43. The van der Waals surface area contributed by atoms with Crippen LogP contribution in [0.4, 0.5) is 0 Å². The summed E-state index contributed by atoms with van der Waals surface area (Å²) in [5, 5.41) is 0.